The maximum atomic E-state index is 5.59. The molecule has 3 nitrogen and oxygen atoms in total. The second-order valence-corrected chi connectivity index (χ2v) is 10.9. The number of rotatable bonds is 12. The lowest BCUT2D eigenvalue weighted by atomic mass is 10.1. The summed E-state index contributed by atoms with van der Waals surface area (Å²) >= 11 is 0. The van der Waals surface area contributed by atoms with Crippen LogP contribution in [0.25, 0.3) is 0 Å². The predicted molar refractivity (Wildman–Crippen MR) is 77.0 cm³/mol. The van der Waals surface area contributed by atoms with Crippen LogP contribution in [0.2, 0.25) is 6.04 Å². The monoisotopic (exact) mass is 282 g/mol. The van der Waals surface area contributed by atoms with Crippen molar-refractivity contribution < 1.29 is 12.3 Å². The van der Waals surface area contributed by atoms with Crippen LogP contribution in [0.4, 0.5) is 0 Å². The van der Waals surface area contributed by atoms with E-state index in [1.54, 1.807) is 0 Å². The Kier molecular flexibility index (Phi) is 15.5. The van der Waals surface area contributed by atoms with Gasteiger partial charge in [-0.15, -0.1) is 0 Å². The van der Waals surface area contributed by atoms with E-state index in [2.05, 4.69) is 6.92 Å². The molecule has 0 atom stereocenters. The van der Waals surface area contributed by atoms with E-state index in [4.69, 9.17) is 12.3 Å². The highest BCUT2D eigenvalue weighted by atomic mass is 28.4. The van der Waals surface area contributed by atoms with E-state index in [1.165, 1.54) is 44.6 Å². The highest BCUT2D eigenvalue weighted by Gasteiger charge is 1.93. The van der Waals surface area contributed by atoms with Gasteiger partial charge in [-0.05, 0) is 6.04 Å². The molecule has 15 heavy (non-hydrogen) atoms. The van der Waals surface area contributed by atoms with Crippen LogP contribution in [0.15, 0.2) is 0 Å². The standard InChI is InChI=1S/C8H26O3Si4/c1-2-3-4-5-6-7-8-13-10-15-11-14-9-12/h2-8,13-15H2,1,12H3. The lowest BCUT2D eigenvalue weighted by Gasteiger charge is -2.04. The summed E-state index contributed by atoms with van der Waals surface area (Å²) < 4.78 is 16.0. The van der Waals surface area contributed by atoms with Crippen molar-refractivity contribution >= 4 is 40.3 Å². The Morgan fingerprint density at radius 3 is 2.40 bits per heavy atom. The number of unbranched alkanes of at least 4 members (excludes halogenated alkanes) is 5. The van der Waals surface area contributed by atoms with Gasteiger partial charge in [0.2, 0.25) is 0 Å². The first kappa shape index (κ1) is 15.7. The molecule has 0 saturated carbocycles. The summed E-state index contributed by atoms with van der Waals surface area (Å²) in [5, 5.41) is 0. The van der Waals surface area contributed by atoms with Crippen LogP contribution in [-0.4, -0.2) is 40.3 Å². The molecule has 0 aromatic carbocycles. The Labute approximate surface area is 104 Å². The van der Waals surface area contributed by atoms with Crippen LogP contribution in [-0.2, 0) is 12.3 Å². The number of hydrogen-bond donors (Lipinski definition) is 0. The van der Waals surface area contributed by atoms with Crippen molar-refractivity contribution in [1.82, 2.24) is 0 Å². The van der Waals surface area contributed by atoms with Crippen molar-refractivity contribution in [2.45, 2.75) is 51.5 Å². The first-order chi connectivity index (χ1) is 7.41. The molecule has 92 valence electrons. The zero-order valence-corrected chi connectivity index (χ0v) is 16.5. The van der Waals surface area contributed by atoms with Gasteiger partial charge < -0.3 is 12.3 Å². The molecule has 0 rings (SSSR count). The first-order valence-electron chi connectivity index (χ1n) is 6.06. The van der Waals surface area contributed by atoms with Crippen LogP contribution in [0.5, 0.6) is 0 Å². The van der Waals surface area contributed by atoms with Gasteiger partial charge in [0.25, 0.3) is 20.0 Å². The minimum Gasteiger partial charge on any atom is -0.449 e. The molecule has 0 heterocycles. The van der Waals surface area contributed by atoms with Gasteiger partial charge in [-0.1, -0.05) is 45.4 Å². The van der Waals surface area contributed by atoms with Gasteiger partial charge >= 0.3 is 0 Å². The molecule has 7 heteroatoms. The molecule has 0 radical (unpaired) electrons. The molecule has 0 aromatic rings. The molecule has 0 bridgehead atoms. The Morgan fingerprint density at radius 1 is 0.933 bits per heavy atom. The average Bonchev–Trinajstić information content (AvgIpc) is 2.26. The zero-order valence-electron chi connectivity index (χ0n) is 10.3. The summed E-state index contributed by atoms with van der Waals surface area (Å²) in [6, 6.07) is 1.34. The summed E-state index contributed by atoms with van der Waals surface area (Å²) in [5.74, 6) is 0. The average molecular weight is 283 g/mol. The second kappa shape index (κ2) is 14.7. The van der Waals surface area contributed by atoms with E-state index >= 15 is 0 Å². The molecule has 0 aromatic heterocycles. The summed E-state index contributed by atoms with van der Waals surface area (Å²) in [6.07, 6.45) is 8.35. The molecule has 0 amide bonds. The third kappa shape index (κ3) is 14.7. The van der Waals surface area contributed by atoms with Gasteiger partial charge in [0, 0.05) is 0 Å². The first-order valence-corrected chi connectivity index (χ1v) is 10.8. The van der Waals surface area contributed by atoms with E-state index in [9.17, 15) is 0 Å². The summed E-state index contributed by atoms with van der Waals surface area (Å²) in [4.78, 5) is 0. The molecule has 0 unspecified atom stereocenters. The fourth-order valence-corrected chi connectivity index (χ4v) is 7.21. The van der Waals surface area contributed by atoms with E-state index < -0.39 is 20.0 Å². The van der Waals surface area contributed by atoms with Crippen molar-refractivity contribution in [3.8, 4) is 0 Å². The lowest BCUT2D eigenvalue weighted by Crippen LogP contribution is -2.12. The van der Waals surface area contributed by atoms with Crippen molar-refractivity contribution in [3.05, 3.63) is 0 Å². The van der Waals surface area contributed by atoms with Gasteiger partial charge in [-0.2, -0.15) is 0 Å². The van der Waals surface area contributed by atoms with Gasteiger partial charge in [0.1, 0.15) is 20.2 Å². The minimum atomic E-state index is -0.627. The minimum absolute atomic E-state index is 0.241. The Morgan fingerprint density at radius 2 is 1.67 bits per heavy atom. The smallest absolute Gasteiger partial charge is 0.284 e. The summed E-state index contributed by atoms with van der Waals surface area (Å²) in [7, 11) is -0.654. The quantitative estimate of drug-likeness (QED) is 0.346. The van der Waals surface area contributed by atoms with Crippen molar-refractivity contribution in [1.29, 1.82) is 0 Å². The molecule has 0 N–H and O–H groups in total. The van der Waals surface area contributed by atoms with E-state index in [1.807, 2.05) is 0 Å². The van der Waals surface area contributed by atoms with Crippen LogP contribution < -0.4 is 0 Å². The molecule has 0 saturated heterocycles. The van der Waals surface area contributed by atoms with E-state index in [0.717, 1.165) is 10.5 Å². The van der Waals surface area contributed by atoms with Gasteiger partial charge in [0.05, 0.1) is 0 Å². The topological polar surface area (TPSA) is 27.7 Å². The van der Waals surface area contributed by atoms with Crippen molar-refractivity contribution in [2.75, 3.05) is 0 Å². The number of hydrogen-bond acceptors (Lipinski definition) is 3. The highest BCUT2D eigenvalue weighted by molar-refractivity contribution is 6.44. The molecule has 0 fully saturated rings. The van der Waals surface area contributed by atoms with Crippen molar-refractivity contribution in [2.24, 2.45) is 0 Å². The summed E-state index contributed by atoms with van der Waals surface area (Å²) in [5.41, 5.74) is 0. The predicted octanol–water partition coefficient (Wildman–Crippen LogP) is -0.823. The Balaban J connectivity index is 2.81. The maximum Gasteiger partial charge on any atom is 0.284 e. The third-order valence-corrected chi connectivity index (χ3v) is 7.15. The van der Waals surface area contributed by atoms with E-state index in [-0.39, 0.29) is 9.76 Å². The Bertz CT molecular complexity index is 106. The second-order valence-electron chi connectivity index (χ2n) is 3.76. The molecule has 0 aliphatic heterocycles. The van der Waals surface area contributed by atoms with Gasteiger partial charge in [-0.3, -0.25) is 0 Å². The largest absolute Gasteiger partial charge is 0.449 e. The lowest BCUT2D eigenvalue weighted by molar-refractivity contribution is 0.437. The third-order valence-electron chi connectivity index (χ3n) is 2.26. The zero-order chi connectivity index (χ0) is 11.2. The molecular formula is C8H26O3Si4. The fraction of sp³-hybridized carbons (Fsp3) is 1.00. The van der Waals surface area contributed by atoms with Gasteiger partial charge in [-0.25, -0.2) is 0 Å². The molecular weight excluding hydrogens is 256 g/mol. The molecule has 0 spiro atoms. The maximum absolute atomic E-state index is 5.59. The van der Waals surface area contributed by atoms with Crippen LogP contribution >= 0.6 is 0 Å². The van der Waals surface area contributed by atoms with E-state index in [0.29, 0.717) is 0 Å². The SMILES string of the molecule is CCCCCCCC[SiH2]O[SiH2]O[SiH2]O[SiH3]. The molecule has 0 aliphatic carbocycles. The van der Waals surface area contributed by atoms with Crippen LogP contribution in [0.3, 0.4) is 0 Å². The molecule has 0 aliphatic rings. The normalized spacial score (nSPS) is 13.4. The van der Waals surface area contributed by atoms with Crippen molar-refractivity contribution in [3.63, 3.8) is 0 Å². The fourth-order valence-electron chi connectivity index (χ4n) is 1.40. The van der Waals surface area contributed by atoms with Gasteiger partial charge in [0.15, 0.2) is 0 Å². The summed E-state index contributed by atoms with van der Waals surface area (Å²) in [6.45, 7) is 2.26. The van der Waals surface area contributed by atoms with Crippen LogP contribution in [0.1, 0.15) is 45.4 Å². The Hall–Kier alpha value is 0.748. The van der Waals surface area contributed by atoms with Crippen LogP contribution in [0, 0.1) is 0 Å². The highest BCUT2D eigenvalue weighted by Crippen LogP contribution is 2.06.